The summed E-state index contributed by atoms with van der Waals surface area (Å²) in [5.74, 6) is -0.0461. The number of thiocarbonyl (C=S) groups is 1. The summed E-state index contributed by atoms with van der Waals surface area (Å²) in [5.41, 5.74) is 1.59. The average molecular weight is 430 g/mol. The summed E-state index contributed by atoms with van der Waals surface area (Å²) in [6, 6.07) is 13.8. The van der Waals surface area contributed by atoms with Crippen LogP contribution in [-0.2, 0) is 4.74 Å². The maximum Gasteiger partial charge on any atom is 0.261 e. The lowest BCUT2D eigenvalue weighted by atomic mass is 10.2. The summed E-state index contributed by atoms with van der Waals surface area (Å²) in [6.07, 6.45) is 0.875. The van der Waals surface area contributed by atoms with Gasteiger partial charge in [-0.05, 0) is 62.0 Å². The summed E-state index contributed by atoms with van der Waals surface area (Å²) in [7, 11) is 0. The van der Waals surface area contributed by atoms with Crippen molar-refractivity contribution in [3.05, 3.63) is 59.7 Å². The zero-order valence-corrected chi connectivity index (χ0v) is 18.0. The zero-order chi connectivity index (χ0) is 21.8. The van der Waals surface area contributed by atoms with Crippen molar-refractivity contribution in [3.63, 3.8) is 0 Å². The van der Waals surface area contributed by atoms with Crippen LogP contribution in [0.1, 0.15) is 41.0 Å². The van der Waals surface area contributed by atoms with Crippen molar-refractivity contribution < 1.29 is 19.1 Å². The standard InChI is InChI=1S/C22H27N3O4S/c1-3-13-23-20(26)16-9-11-17(12-10-16)24-22(30)25-21(27)18-7-5-6-8-19(18)29-15-14-28-4-2/h5-12H,3-4,13-15H2,1-2H3,(H,23,26)(H2,24,25,27,30). The molecule has 0 bridgehead atoms. The van der Waals surface area contributed by atoms with Crippen molar-refractivity contribution >= 4 is 34.8 Å². The molecule has 0 aliphatic rings. The fraction of sp³-hybridized carbons (Fsp3) is 0.318. The number of para-hydroxylation sites is 1. The third kappa shape index (κ3) is 7.46. The van der Waals surface area contributed by atoms with Gasteiger partial charge in [0, 0.05) is 24.4 Å². The molecule has 8 heteroatoms. The highest BCUT2D eigenvalue weighted by atomic mass is 32.1. The molecule has 0 heterocycles. The van der Waals surface area contributed by atoms with Crippen molar-refractivity contribution in [2.24, 2.45) is 0 Å². The van der Waals surface area contributed by atoms with Gasteiger partial charge >= 0.3 is 0 Å². The lowest BCUT2D eigenvalue weighted by Crippen LogP contribution is -2.34. The zero-order valence-electron chi connectivity index (χ0n) is 17.2. The summed E-state index contributed by atoms with van der Waals surface area (Å²) in [5, 5.41) is 8.54. The SMILES string of the molecule is CCCNC(=O)c1ccc(NC(=S)NC(=O)c2ccccc2OCCOCC)cc1. The van der Waals surface area contributed by atoms with Gasteiger partial charge in [-0.3, -0.25) is 14.9 Å². The molecule has 3 N–H and O–H groups in total. The molecule has 0 aliphatic carbocycles. The van der Waals surface area contributed by atoms with Gasteiger partial charge in [0.1, 0.15) is 12.4 Å². The molecule has 160 valence electrons. The number of ether oxygens (including phenoxy) is 2. The molecule has 2 amide bonds. The first-order valence-electron chi connectivity index (χ1n) is 9.85. The molecule has 0 saturated carbocycles. The second-order valence-corrected chi connectivity index (χ2v) is 6.69. The Morgan fingerprint density at radius 2 is 1.70 bits per heavy atom. The van der Waals surface area contributed by atoms with E-state index in [0.29, 0.717) is 48.9 Å². The smallest absolute Gasteiger partial charge is 0.261 e. The van der Waals surface area contributed by atoms with Gasteiger partial charge < -0.3 is 20.1 Å². The van der Waals surface area contributed by atoms with Gasteiger partial charge in [0.25, 0.3) is 11.8 Å². The molecule has 0 spiro atoms. The predicted octanol–water partition coefficient (Wildman–Crippen LogP) is 3.37. The van der Waals surface area contributed by atoms with Crippen LogP contribution in [0, 0.1) is 0 Å². The van der Waals surface area contributed by atoms with Crippen molar-refractivity contribution in [3.8, 4) is 5.75 Å². The van der Waals surface area contributed by atoms with Crippen molar-refractivity contribution in [1.29, 1.82) is 0 Å². The van der Waals surface area contributed by atoms with Crippen LogP contribution < -0.4 is 20.7 Å². The maximum absolute atomic E-state index is 12.6. The van der Waals surface area contributed by atoms with E-state index in [4.69, 9.17) is 21.7 Å². The molecule has 2 aromatic rings. The van der Waals surface area contributed by atoms with E-state index in [9.17, 15) is 9.59 Å². The van der Waals surface area contributed by atoms with Crippen molar-refractivity contribution in [2.75, 3.05) is 31.7 Å². The van der Waals surface area contributed by atoms with Gasteiger partial charge in [-0.1, -0.05) is 19.1 Å². The van der Waals surface area contributed by atoms with E-state index in [2.05, 4.69) is 16.0 Å². The van der Waals surface area contributed by atoms with Crippen LogP contribution in [0.2, 0.25) is 0 Å². The molecule has 0 atom stereocenters. The number of hydrogen-bond donors (Lipinski definition) is 3. The van der Waals surface area contributed by atoms with E-state index < -0.39 is 0 Å². The minimum absolute atomic E-state index is 0.125. The summed E-state index contributed by atoms with van der Waals surface area (Å²) >= 11 is 5.24. The third-order valence-electron chi connectivity index (χ3n) is 3.99. The number of amides is 2. The molecule has 0 radical (unpaired) electrons. The van der Waals surface area contributed by atoms with E-state index in [1.165, 1.54) is 0 Å². The quantitative estimate of drug-likeness (QED) is 0.396. The minimum atomic E-state index is -0.380. The number of nitrogens with one attached hydrogen (secondary N) is 3. The second kappa shape index (κ2) is 12.6. The second-order valence-electron chi connectivity index (χ2n) is 6.28. The van der Waals surface area contributed by atoms with Crippen LogP contribution in [0.4, 0.5) is 5.69 Å². The van der Waals surface area contributed by atoms with Crippen LogP contribution in [0.25, 0.3) is 0 Å². The Bertz CT molecular complexity index is 856. The Hall–Kier alpha value is -2.97. The molecule has 0 fully saturated rings. The first-order valence-corrected chi connectivity index (χ1v) is 10.3. The van der Waals surface area contributed by atoms with E-state index in [0.717, 1.165) is 6.42 Å². The van der Waals surface area contributed by atoms with Gasteiger partial charge in [-0.25, -0.2) is 0 Å². The van der Waals surface area contributed by atoms with Gasteiger partial charge in [-0.15, -0.1) is 0 Å². The highest BCUT2D eigenvalue weighted by Crippen LogP contribution is 2.18. The minimum Gasteiger partial charge on any atom is -0.490 e. The van der Waals surface area contributed by atoms with Crippen molar-refractivity contribution in [1.82, 2.24) is 10.6 Å². The predicted molar refractivity (Wildman–Crippen MR) is 121 cm³/mol. The van der Waals surface area contributed by atoms with E-state index >= 15 is 0 Å². The molecule has 30 heavy (non-hydrogen) atoms. The lowest BCUT2D eigenvalue weighted by Gasteiger charge is -2.13. The van der Waals surface area contributed by atoms with Crippen LogP contribution >= 0.6 is 12.2 Å². The van der Waals surface area contributed by atoms with Crippen LogP contribution in [-0.4, -0.2) is 43.3 Å². The van der Waals surface area contributed by atoms with E-state index in [-0.39, 0.29) is 16.9 Å². The molecule has 2 aromatic carbocycles. The number of carbonyl (C=O) groups excluding carboxylic acids is 2. The van der Waals surface area contributed by atoms with Crippen molar-refractivity contribution in [2.45, 2.75) is 20.3 Å². The Labute approximate surface area is 182 Å². The molecule has 0 aromatic heterocycles. The lowest BCUT2D eigenvalue weighted by molar-refractivity contribution is 0.0948. The number of carbonyl (C=O) groups is 2. The fourth-order valence-corrected chi connectivity index (χ4v) is 2.72. The van der Waals surface area contributed by atoms with E-state index in [1.807, 2.05) is 13.8 Å². The summed E-state index contributed by atoms with van der Waals surface area (Å²) in [4.78, 5) is 24.5. The molecule has 0 aliphatic heterocycles. The molecule has 2 rings (SSSR count). The van der Waals surface area contributed by atoms with Gasteiger partial charge in [0.05, 0.1) is 12.2 Å². The number of rotatable bonds is 10. The normalized spacial score (nSPS) is 10.2. The Morgan fingerprint density at radius 1 is 0.967 bits per heavy atom. The van der Waals surface area contributed by atoms with E-state index in [1.54, 1.807) is 48.5 Å². The Balaban J connectivity index is 1.92. The fourth-order valence-electron chi connectivity index (χ4n) is 2.51. The first-order chi connectivity index (χ1) is 14.5. The third-order valence-corrected chi connectivity index (χ3v) is 4.19. The maximum atomic E-state index is 12.6. The highest BCUT2D eigenvalue weighted by molar-refractivity contribution is 7.80. The van der Waals surface area contributed by atoms with Gasteiger partial charge in [0.2, 0.25) is 0 Å². The molecule has 0 unspecified atom stereocenters. The topological polar surface area (TPSA) is 88.7 Å². The molecule has 0 saturated heterocycles. The van der Waals surface area contributed by atoms with Gasteiger partial charge in [-0.2, -0.15) is 0 Å². The highest BCUT2D eigenvalue weighted by Gasteiger charge is 2.14. The van der Waals surface area contributed by atoms with Crippen LogP contribution in [0.3, 0.4) is 0 Å². The number of hydrogen-bond acceptors (Lipinski definition) is 5. The molecular formula is C22H27N3O4S. The number of benzene rings is 2. The van der Waals surface area contributed by atoms with Gasteiger partial charge in [0.15, 0.2) is 5.11 Å². The monoisotopic (exact) mass is 429 g/mol. The average Bonchev–Trinajstić information content (AvgIpc) is 2.75. The number of anilines is 1. The first kappa shape index (κ1) is 23.3. The molecule has 7 nitrogen and oxygen atoms in total. The molecular weight excluding hydrogens is 402 g/mol. The summed E-state index contributed by atoms with van der Waals surface area (Å²) < 4.78 is 10.9. The summed E-state index contributed by atoms with van der Waals surface area (Å²) in [6.45, 7) is 5.93. The Kier molecular flexibility index (Phi) is 9.76. The Morgan fingerprint density at radius 3 is 2.40 bits per heavy atom. The van der Waals surface area contributed by atoms with Crippen LogP contribution in [0.15, 0.2) is 48.5 Å². The van der Waals surface area contributed by atoms with Crippen LogP contribution in [0.5, 0.6) is 5.75 Å². The largest absolute Gasteiger partial charge is 0.490 e.